The highest BCUT2D eigenvalue weighted by molar-refractivity contribution is 5.79. The van der Waals surface area contributed by atoms with Crippen molar-refractivity contribution in [1.82, 2.24) is 4.90 Å². The zero-order valence-corrected chi connectivity index (χ0v) is 8.94. The van der Waals surface area contributed by atoms with Crippen molar-refractivity contribution >= 4 is 5.91 Å². The molecule has 0 spiro atoms. The van der Waals surface area contributed by atoms with E-state index in [1.807, 2.05) is 6.92 Å². The van der Waals surface area contributed by atoms with Crippen LogP contribution in [0.3, 0.4) is 0 Å². The Morgan fingerprint density at radius 2 is 2.36 bits per heavy atom. The number of hydrogen-bond acceptors (Lipinski definition) is 3. The number of nitrogens with zero attached hydrogens (tertiary/aromatic N) is 1. The van der Waals surface area contributed by atoms with Gasteiger partial charge in [-0.05, 0) is 32.2 Å². The van der Waals surface area contributed by atoms with Crippen molar-refractivity contribution in [1.29, 1.82) is 0 Å². The SMILES string of the molecule is CCC(C(N)=O)N1CCC(C(C)O)C1. The van der Waals surface area contributed by atoms with Crippen LogP contribution in [0.25, 0.3) is 0 Å². The quantitative estimate of drug-likeness (QED) is 0.669. The average molecular weight is 200 g/mol. The summed E-state index contributed by atoms with van der Waals surface area (Å²) < 4.78 is 0. The summed E-state index contributed by atoms with van der Waals surface area (Å²) in [6.07, 6.45) is 1.42. The second-order valence-electron chi connectivity index (χ2n) is 4.11. The highest BCUT2D eigenvalue weighted by atomic mass is 16.3. The number of carbonyl (C=O) groups is 1. The van der Waals surface area contributed by atoms with Gasteiger partial charge in [0.15, 0.2) is 0 Å². The van der Waals surface area contributed by atoms with Gasteiger partial charge in [-0.1, -0.05) is 6.92 Å². The molecule has 1 fully saturated rings. The summed E-state index contributed by atoms with van der Waals surface area (Å²) in [5, 5.41) is 9.42. The fourth-order valence-corrected chi connectivity index (χ4v) is 2.13. The van der Waals surface area contributed by atoms with Crippen molar-refractivity contribution in [3.8, 4) is 0 Å². The number of hydrogen-bond donors (Lipinski definition) is 2. The fraction of sp³-hybridized carbons (Fsp3) is 0.900. The van der Waals surface area contributed by atoms with E-state index in [1.165, 1.54) is 0 Å². The Morgan fingerprint density at radius 1 is 1.71 bits per heavy atom. The zero-order chi connectivity index (χ0) is 10.7. The van der Waals surface area contributed by atoms with Crippen LogP contribution in [0.4, 0.5) is 0 Å². The molecule has 0 aliphatic carbocycles. The Labute approximate surface area is 85.1 Å². The van der Waals surface area contributed by atoms with Gasteiger partial charge >= 0.3 is 0 Å². The molecule has 1 saturated heterocycles. The lowest BCUT2D eigenvalue weighted by atomic mass is 10.0. The highest BCUT2D eigenvalue weighted by Gasteiger charge is 2.31. The molecule has 0 saturated carbocycles. The van der Waals surface area contributed by atoms with Crippen LogP contribution >= 0.6 is 0 Å². The lowest BCUT2D eigenvalue weighted by Crippen LogP contribution is -2.43. The predicted octanol–water partition coefficient (Wildman–Crippen LogP) is -0.0470. The van der Waals surface area contributed by atoms with Gasteiger partial charge in [0.2, 0.25) is 5.91 Å². The van der Waals surface area contributed by atoms with Crippen molar-refractivity contribution in [2.45, 2.75) is 38.8 Å². The molecule has 1 heterocycles. The van der Waals surface area contributed by atoms with E-state index in [4.69, 9.17) is 5.73 Å². The molecule has 0 aromatic carbocycles. The van der Waals surface area contributed by atoms with Gasteiger partial charge in [-0.25, -0.2) is 0 Å². The zero-order valence-electron chi connectivity index (χ0n) is 8.94. The number of amides is 1. The van der Waals surface area contributed by atoms with Gasteiger partial charge in [-0.2, -0.15) is 0 Å². The van der Waals surface area contributed by atoms with Crippen LogP contribution in [0.1, 0.15) is 26.7 Å². The molecule has 3 N–H and O–H groups in total. The Bertz CT molecular complexity index is 206. The van der Waals surface area contributed by atoms with Crippen LogP contribution in [-0.4, -0.2) is 41.1 Å². The van der Waals surface area contributed by atoms with E-state index in [0.717, 1.165) is 25.9 Å². The molecule has 0 bridgehead atoms. The molecular weight excluding hydrogens is 180 g/mol. The molecule has 0 aromatic rings. The normalized spacial score (nSPS) is 27.5. The number of primary amides is 1. The Kier molecular flexibility index (Phi) is 3.89. The third-order valence-electron chi connectivity index (χ3n) is 3.09. The second-order valence-corrected chi connectivity index (χ2v) is 4.11. The maximum atomic E-state index is 11.1. The molecule has 4 nitrogen and oxygen atoms in total. The molecule has 82 valence electrons. The summed E-state index contributed by atoms with van der Waals surface area (Å²) in [7, 11) is 0. The summed E-state index contributed by atoms with van der Waals surface area (Å²) in [6, 6.07) is -0.154. The minimum Gasteiger partial charge on any atom is -0.393 e. The third-order valence-corrected chi connectivity index (χ3v) is 3.09. The summed E-state index contributed by atoms with van der Waals surface area (Å²) in [6.45, 7) is 5.43. The number of aliphatic hydroxyl groups excluding tert-OH is 1. The highest BCUT2D eigenvalue weighted by Crippen LogP contribution is 2.22. The molecule has 3 atom stereocenters. The van der Waals surface area contributed by atoms with E-state index in [9.17, 15) is 9.90 Å². The summed E-state index contributed by atoms with van der Waals surface area (Å²) in [5.74, 6) is 0.0437. The standard InChI is InChI=1S/C10H20N2O2/c1-3-9(10(11)14)12-5-4-8(6-12)7(2)13/h7-9,13H,3-6H2,1-2H3,(H2,11,14). The lowest BCUT2D eigenvalue weighted by Gasteiger charge is -2.24. The number of likely N-dealkylation sites (tertiary alicyclic amines) is 1. The van der Waals surface area contributed by atoms with Gasteiger partial charge in [0.1, 0.15) is 0 Å². The second kappa shape index (κ2) is 4.75. The number of aliphatic hydroxyl groups is 1. The Morgan fingerprint density at radius 3 is 2.71 bits per heavy atom. The van der Waals surface area contributed by atoms with Gasteiger partial charge in [0, 0.05) is 6.54 Å². The molecule has 3 unspecified atom stereocenters. The van der Waals surface area contributed by atoms with E-state index in [2.05, 4.69) is 4.90 Å². The predicted molar refractivity (Wildman–Crippen MR) is 54.6 cm³/mol. The van der Waals surface area contributed by atoms with E-state index < -0.39 is 0 Å². The minimum atomic E-state index is -0.287. The maximum absolute atomic E-state index is 11.1. The Balaban J connectivity index is 2.51. The van der Waals surface area contributed by atoms with E-state index in [-0.39, 0.29) is 18.1 Å². The summed E-state index contributed by atoms with van der Waals surface area (Å²) >= 11 is 0. The molecule has 1 aliphatic heterocycles. The van der Waals surface area contributed by atoms with Crippen LogP contribution in [0.2, 0.25) is 0 Å². The van der Waals surface area contributed by atoms with E-state index >= 15 is 0 Å². The molecule has 1 aliphatic rings. The summed E-state index contributed by atoms with van der Waals surface area (Å²) in [5.41, 5.74) is 5.31. The molecule has 0 aromatic heterocycles. The van der Waals surface area contributed by atoms with E-state index in [1.54, 1.807) is 6.92 Å². The van der Waals surface area contributed by atoms with E-state index in [0.29, 0.717) is 5.92 Å². The fourth-order valence-electron chi connectivity index (χ4n) is 2.13. The first kappa shape index (κ1) is 11.5. The largest absolute Gasteiger partial charge is 0.393 e. The van der Waals surface area contributed by atoms with Crippen molar-refractivity contribution < 1.29 is 9.90 Å². The first-order valence-electron chi connectivity index (χ1n) is 5.27. The van der Waals surface area contributed by atoms with Gasteiger partial charge in [0.05, 0.1) is 12.1 Å². The van der Waals surface area contributed by atoms with Crippen LogP contribution in [-0.2, 0) is 4.79 Å². The molecular formula is C10H20N2O2. The van der Waals surface area contributed by atoms with Gasteiger partial charge < -0.3 is 10.8 Å². The van der Waals surface area contributed by atoms with Gasteiger partial charge in [0.25, 0.3) is 0 Å². The average Bonchev–Trinajstić information content (AvgIpc) is 2.53. The van der Waals surface area contributed by atoms with Crippen molar-refractivity contribution in [2.24, 2.45) is 11.7 Å². The summed E-state index contributed by atoms with van der Waals surface area (Å²) in [4.78, 5) is 13.2. The minimum absolute atomic E-state index is 0.154. The molecule has 1 amide bonds. The number of carbonyl (C=O) groups excluding carboxylic acids is 1. The van der Waals surface area contributed by atoms with Crippen molar-refractivity contribution in [3.63, 3.8) is 0 Å². The maximum Gasteiger partial charge on any atom is 0.234 e. The lowest BCUT2D eigenvalue weighted by molar-refractivity contribution is -0.123. The smallest absolute Gasteiger partial charge is 0.234 e. The van der Waals surface area contributed by atoms with Crippen molar-refractivity contribution in [2.75, 3.05) is 13.1 Å². The monoisotopic (exact) mass is 200 g/mol. The molecule has 4 heteroatoms. The van der Waals surface area contributed by atoms with Crippen molar-refractivity contribution in [3.05, 3.63) is 0 Å². The van der Waals surface area contributed by atoms with Gasteiger partial charge in [-0.15, -0.1) is 0 Å². The van der Waals surface area contributed by atoms with Crippen LogP contribution in [0.5, 0.6) is 0 Å². The van der Waals surface area contributed by atoms with Crippen LogP contribution in [0, 0.1) is 5.92 Å². The molecule has 14 heavy (non-hydrogen) atoms. The Hall–Kier alpha value is -0.610. The first-order valence-corrected chi connectivity index (χ1v) is 5.27. The van der Waals surface area contributed by atoms with Gasteiger partial charge in [-0.3, -0.25) is 9.69 Å². The third kappa shape index (κ3) is 2.45. The molecule has 1 rings (SSSR count). The van der Waals surface area contributed by atoms with Crippen LogP contribution in [0.15, 0.2) is 0 Å². The topological polar surface area (TPSA) is 66.6 Å². The van der Waals surface area contributed by atoms with Crippen LogP contribution < -0.4 is 5.73 Å². The number of rotatable bonds is 4. The molecule has 0 radical (unpaired) electrons. The first-order chi connectivity index (χ1) is 6.56. The number of nitrogens with two attached hydrogens (primary N) is 1.